The first-order valence-corrected chi connectivity index (χ1v) is 6.63. The minimum absolute atomic E-state index is 0.444. The van der Waals surface area contributed by atoms with Crippen molar-refractivity contribution in [2.24, 2.45) is 0 Å². The summed E-state index contributed by atoms with van der Waals surface area (Å²) in [4.78, 5) is 8.17. The van der Waals surface area contributed by atoms with E-state index in [-0.39, 0.29) is 0 Å². The molecule has 2 rings (SSSR count). The van der Waals surface area contributed by atoms with Crippen molar-refractivity contribution in [3.05, 3.63) is 22.1 Å². The normalized spacial score (nSPS) is 11.2. The smallest absolute Gasteiger partial charge is 0.156 e. The SMILES string of the molecule is CCCCOCn1cc(Br)c2ncnc(Cl)c21. The lowest BCUT2D eigenvalue weighted by Gasteiger charge is -2.06. The van der Waals surface area contributed by atoms with Gasteiger partial charge in [0.15, 0.2) is 5.15 Å². The predicted octanol–water partition coefficient (Wildman–Crippen LogP) is 3.62. The van der Waals surface area contributed by atoms with Crippen molar-refractivity contribution < 1.29 is 4.74 Å². The molecule has 0 spiro atoms. The van der Waals surface area contributed by atoms with Crippen LogP contribution in [0.1, 0.15) is 19.8 Å². The van der Waals surface area contributed by atoms with Gasteiger partial charge in [-0.2, -0.15) is 0 Å². The third-order valence-electron chi connectivity index (χ3n) is 2.43. The van der Waals surface area contributed by atoms with E-state index in [0.29, 0.717) is 11.9 Å². The molecule has 92 valence electrons. The largest absolute Gasteiger partial charge is 0.361 e. The van der Waals surface area contributed by atoms with Gasteiger partial charge in [0.25, 0.3) is 0 Å². The van der Waals surface area contributed by atoms with Crippen LogP contribution in [0.25, 0.3) is 11.0 Å². The van der Waals surface area contributed by atoms with Gasteiger partial charge in [-0.3, -0.25) is 0 Å². The van der Waals surface area contributed by atoms with Gasteiger partial charge in [-0.25, -0.2) is 9.97 Å². The summed E-state index contributed by atoms with van der Waals surface area (Å²) < 4.78 is 8.38. The Kier molecular flexibility index (Phi) is 4.36. The molecule has 0 aliphatic rings. The Hall–Kier alpha value is -0.650. The van der Waals surface area contributed by atoms with Crippen LogP contribution in [-0.4, -0.2) is 21.1 Å². The maximum absolute atomic E-state index is 6.07. The Balaban J connectivity index is 2.22. The first kappa shape index (κ1) is 12.8. The van der Waals surface area contributed by atoms with Crippen LogP contribution in [0.3, 0.4) is 0 Å². The van der Waals surface area contributed by atoms with Gasteiger partial charge in [0.05, 0.1) is 4.47 Å². The number of ether oxygens (including phenoxy) is 1. The Labute approximate surface area is 113 Å². The van der Waals surface area contributed by atoms with Gasteiger partial charge in [0.2, 0.25) is 0 Å². The lowest BCUT2D eigenvalue weighted by molar-refractivity contribution is 0.0776. The summed E-state index contributed by atoms with van der Waals surface area (Å²) in [6.07, 6.45) is 5.56. The van der Waals surface area contributed by atoms with Crippen LogP contribution in [0.15, 0.2) is 17.0 Å². The van der Waals surface area contributed by atoms with Crippen LogP contribution in [0, 0.1) is 0 Å². The van der Waals surface area contributed by atoms with E-state index in [2.05, 4.69) is 32.8 Å². The van der Waals surface area contributed by atoms with Crippen molar-refractivity contribution in [3.8, 4) is 0 Å². The zero-order valence-corrected chi connectivity index (χ0v) is 11.8. The molecule has 17 heavy (non-hydrogen) atoms. The van der Waals surface area contributed by atoms with Crippen LogP contribution in [-0.2, 0) is 11.5 Å². The first-order chi connectivity index (χ1) is 8.24. The molecule has 4 nitrogen and oxygen atoms in total. The maximum Gasteiger partial charge on any atom is 0.156 e. The summed E-state index contributed by atoms with van der Waals surface area (Å²) in [6, 6.07) is 0. The molecule has 2 aromatic heterocycles. The standard InChI is InChI=1S/C11H13BrClN3O/c1-2-3-4-17-7-16-5-8(12)9-10(16)11(13)15-6-14-9/h5-6H,2-4,7H2,1H3. The van der Waals surface area contributed by atoms with E-state index in [4.69, 9.17) is 16.3 Å². The van der Waals surface area contributed by atoms with E-state index >= 15 is 0 Å². The third kappa shape index (κ3) is 2.78. The second-order valence-electron chi connectivity index (χ2n) is 3.70. The summed E-state index contributed by atoms with van der Waals surface area (Å²) in [5.41, 5.74) is 1.61. The quantitative estimate of drug-likeness (QED) is 0.624. The maximum atomic E-state index is 6.07. The Morgan fingerprint density at radius 3 is 3.06 bits per heavy atom. The molecule has 0 aromatic carbocycles. The van der Waals surface area contributed by atoms with E-state index in [9.17, 15) is 0 Å². The molecule has 0 atom stereocenters. The average molecular weight is 319 g/mol. The van der Waals surface area contributed by atoms with Crippen LogP contribution in [0.4, 0.5) is 0 Å². The Morgan fingerprint density at radius 1 is 1.47 bits per heavy atom. The molecule has 0 fully saturated rings. The lowest BCUT2D eigenvalue weighted by Crippen LogP contribution is -2.03. The van der Waals surface area contributed by atoms with Crippen molar-refractivity contribution in [2.75, 3.05) is 6.61 Å². The van der Waals surface area contributed by atoms with Gasteiger partial charge in [0, 0.05) is 12.8 Å². The highest BCUT2D eigenvalue weighted by Crippen LogP contribution is 2.28. The van der Waals surface area contributed by atoms with Crippen molar-refractivity contribution in [2.45, 2.75) is 26.5 Å². The molecule has 0 amide bonds. The van der Waals surface area contributed by atoms with Gasteiger partial charge in [0.1, 0.15) is 24.1 Å². The summed E-state index contributed by atoms with van der Waals surface area (Å²) in [6.45, 7) is 3.35. The van der Waals surface area contributed by atoms with Crippen LogP contribution >= 0.6 is 27.5 Å². The zero-order chi connectivity index (χ0) is 12.3. The Morgan fingerprint density at radius 2 is 2.29 bits per heavy atom. The van der Waals surface area contributed by atoms with Gasteiger partial charge < -0.3 is 9.30 Å². The number of aromatic nitrogens is 3. The monoisotopic (exact) mass is 317 g/mol. The number of hydrogen-bond acceptors (Lipinski definition) is 3. The Bertz CT molecular complexity index is 515. The van der Waals surface area contributed by atoms with Crippen molar-refractivity contribution in [1.82, 2.24) is 14.5 Å². The van der Waals surface area contributed by atoms with E-state index in [1.165, 1.54) is 6.33 Å². The van der Waals surface area contributed by atoms with Crippen molar-refractivity contribution >= 4 is 38.6 Å². The molecule has 0 unspecified atom stereocenters. The molecule has 2 heterocycles. The highest BCUT2D eigenvalue weighted by molar-refractivity contribution is 9.10. The number of halogens is 2. The van der Waals surface area contributed by atoms with Gasteiger partial charge in [-0.15, -0.1) is 0 Å². The molecule has 0 saturated carbocycles. The van der Waals surface area contributed by atoms with E-state index in [0.717, 1.165) is 35.0 Å². The summed E-state index contributed by atoms with van der Waals surface area (Å²) in [5.74, 6) is 0. The second kappa shape index (κ2) is 5.80. The van der Waals surface area contributed by atoms with Crippen LogP contribution in [0.2, 0.25) is 5.15 Å². The first-order valence-electron chi connectivity index (χ1n) is 5.46. The number of hydrogen-bond donors (Lipinski definition) is 0. The average Bonchev–Trinajstić information content (AvgIpc) is 2.64. The topological polar surface area (TPSA) is 39.9 Å². The number of fused-ring (bicyclic) bond motifs is 1. The van der Waals surface area contributed by atoms with Gasteiger partial charge in [-0.05, 0) is 22.4 Å². The van der Waals surface area contributed by atoms with Crippen molar-refractivity contribution in [1.29, 1.82) is 0 Å². The molecule has 0 aliphatic carbocycles. The minimum atomic E-state index is 0.444. The molecule has 0 saturated heterocycles. The zero-order valence-electron chi connectivity index (χ0n) is 9.49. The fraction of sp³-hybridized carbons (Fsp3) is 0.455. The lowest BCUT2D eigenvalue weighted by atomic mass is 10.4. The van der Waals surface area contributed by atoms with E-state index in [1.807, 2.05) is 10.8 Å². The summed E-state index contributed by atoms with van der Waals surface area (Å²) in [7, 11) is 0. The number of rotatable bonds is 5. The van der Waals surface area contributed by atoms with Crippen molar-refractivity contribution in [3.63, 3.8) is 0 Å². The third-order valence-corrected chi connectivity index (χ3v) is 3.29. The number of unbranched alkanes of at least 4 members (excludes halogenated alkanes) is 1. The molecule has 0 bridgehead atoms. The summed E-state index contributed by atoms with van der Waals surface area (Å²) in [5, 5.41) is 0.444. The highest BCUT2D eigenvalue weighted by Gasteiger charge is 2.11. The van der Waals surface area contributed by atoms with Crippen LogP contribution in [0.5, 0.6) is 0 Å². The predicted molar refractivity (Wildman–Crippen MR) is 71.1 cm³/mol. The highest BCUT2D eigenvalue weighted by atomic mass is 79.9. The molecule has 0 aliphatic heterocycles. The molecular formula is C11H13BrClN3O. The van der Waals surface area contributed by atoms with E-state index in [1.54, 1.807) is 0 Å². The molecule has 2 aromatic rings. The molecule has 0 N–H and O–H groups in total. The molecule has 0 radical (unpaired) electrons. The number of nitrogens with zero attached hydrogens (tertiary/aromatic N) is 3. The van der Waals surface area contributed by atoms with E-state index < -0.39 is 0 Å². The van der Waals surface area contributed by atoms with Gasteiger partial charge >= 0.3 is 0 Å². The fourth-order valence-electron chi connectivity index (χ4n) is 1.56. The van der Waals surface area contributed by atoms with Crippen LogP contribution < -0.4 is 0 Å². The second-order valence-corrected chi connectivity index (χ2v) is 4.91. The molecular weight excluding hydrogens is 305 g/mol. The fourth-order valence-corrected chi connectivity index (χ4v) is 2.34. The minimum Gasteiger partial charge on any atom is -0.361 e. The van der Waals surface area contributed by atoms with Gasteiger partial charge in [-0.1, -0.05) is 24.9 Å². The molecule has 6 heteroatoms. The summed E-state index contributed by atoms with van der Waals surface area (Å²) >= 11 is 9.52.